The first-order valence-electron chi connectivity index (χ1n) is 17.5. The summed E-state index contributed by atoms with van der Waals surface area (Å²) in [5.74, 6) is -9.27. The average molecular weight is 760 g/mol. The summed E-state index contributed by atoms with van der Waals surface area (Å²) in [4.78, 5) is 58.7. The molecule has 4 amide bonds. The predicted octanol–water partition coefficient (Wildman–Crippen LogP) is 7.93. The van der Waals surface area contributed by atoms with Gasteiger partial charge in [0.25, 0.3) is 11.8 Å². The Bertz CT molecular complexity index is 2260. The lowest BCUT2D eigenvalue weighted by atomic mass is 9.49. The Morgan fingerprint density at radius 2 is 1.36 bits per heavy atom. The standard InChI is InChI=1S/C41H31F6N3O5/c1-21-11-13-25(14-12-21)48-50-36(53)31-20-30-27(34(28-9-5-6-10-32(28)51)39(31,38(50)55)22-7-3-2-4-8-22)15-16-29-33(30)37(54)49(35(29)52)26-18-23(40(42,43)44)17-24(19-26)41(45,46)47/h2-15,17-19,29-31,33-34,48,51H,16,20H2,1H3/t29-,30+,31-,33-,34+,39+/m0/s1. The van der Waals surface area contributed by atoms with Crippen LogP contribution in [0.1, 0.15) is 46.6 Å². The van der Waals surface area contributed by atoms with Gasteiger partial charge >= 0.3 is 12.4 Å². The number of fused-ring (bicyclic) bond motifs is 4. The van der Waals surface area contributed by atoms with Crippen LogP contribution in [0.4, 0.5) is 37.7 Å². The Morgan fingerprint density at radius 3 is 1.98 bits per heavy atom. The number of hydrogen-bond acceptors (Lipinski definition) is 6. The molecule has 14 heteroatoms. The van der Waals surface area contributed by atoms with E-state index in [4.69, 9.17) is 0 Å². The number of nitrogens with one attached hydrogen (secondary N) is 1. The Morgan fingerprint density at radius 1 is 0.745 bits per heavy atom. The van der Waals surface area contributed by atoms with Gasteiger partial charge in [-0.05, 0) is 67.6 Å². The largest absolute Gasteiger partial charge is 0.508 e. The quantitative estimate of drug-likeness (QED) is 0.122. The van der Waals surface area contributed by atoms with Gasteiger partial charge in [0, 0.05) is 11.5 Å². The number of phenolic OH excluding ortho intramolecular Hbond substituents is 1. The third-order valence-electron chi connectivity index (χ3n) is 11.5. The van der Waals surface area contributed by atoms with Crippen LogP contribution in [0.5, 0.6) is 5.75 Å². The molecule has 8 nitrogen and oxygen atoms in total. The van der Waals surface area contributed by atoms with Gasteiger partial charge in [0.1, 0.15) is 5.75 Å². The van der Waals surface area contributed by atoms with Crippen molar-refractivity contribution in [2.45, 2.75) is 43.5 Å². The van der Waals surface area contributed by atoms with E-state index in [0.29, 0.717) is 33.9 Å². The zero-order chi connectivity index (χ0) is 39.2. The Balaban J connectivity index is 1.29. The first-order chi connectivity index (χ1) is 26.0. The number of aryl methyl sites for hydroxylation is 1. The van der Waals surface area contributed by atoms with Gasteiger partial charge in [0.15, 0.2) is 0 Å². The van der Waals surface area contributed by atoms with Crippen LogP contribution in [-0.4, -0.2) is 33.7 Å². The molecular formula is C41H31F6N3O5. The van der Waals surface area contributed by atoms with E-state index in [9.17, 15) is 45.8 Å². The molecule has 2 heterocycles. The molecule has 282 valence electrons. The molecule has 1 saturated carbocycles. The number of benzene rings is 4. The Labute approximate surface area is 310 Å². The van der Waals surface area contributed by atoms with Crippen molar-refractivity contribution >= 4 is 35.0 Å². The van der Waals surface area contributed by atoms with E-state index in [1.165, 1.54) is 6.07 Å². The van der Waals surface area contributed by atoms with Crippen LogP contribution >= 0.6 is 0 Å². The predicted molar refractivity (Wildman–Crippen MR) is 186 cm³/mol. The van der Waals surface area contributed by atoms with E-state index in [1.54, 1.807) is 78.9 Å². The van der Waals surface area contributed by atoms with Crippen molar-refractivity contribution < 1.29 is 50.6 Å². The van der Waals surface area contributed by atoms with Gasteiger partial charge in [-0.2, -0.15) is 31.4 Å². The summed E-state index contributed by atoms with van der Waals surface area (Å²) in [6.45, 7) is 1.87. The number of para-hydroxylation sites is 1. The SMILES string of the molecule is Cc1ccc(NN2C(=O)[C@@H]3C[C@@H]4C(=CC[C@@H]5C(=O)N(c6cc(C(F)(F)F)cc(C(F)(F)F)c6)C(=O)[C@@H]54)[C@H](c4ccccc4O)[C@]3(c3ccccc3)C2=O)cc1. The average Bonchev–Trinajstić information content (AvgIpc) is 3.53. The number of allylic oxidation sites excluding steroid dienone is 2. The summed E-state index contributed by atoms with van der Waals surface area (Å²) in [5, 5.41) is 12.3. The maximum atomic E-state index is 15.1. The summed E-state index contributed by atoms with van der Waals surface area (Å²) in [6.07, 6.45) is -9.11. The minimum absolute atomic E-state index is 0.0818. The van der Waals surface area contributed by atoms with E-state index in [1.807, 2.05) is 6.92 Å². The molecule has 2 aliphatic carbocycles. The lowest BCUT2D eigenvalue weighted by molar-refractivity contribution is -0.143. The number of hydrogen-bond donors (Lipinski definition) is 2. The fourth-order valence-electron chi connectivity index (χ4n) is 9.15. The number of rotatable bonds is 5. The zero-order valence-electron chi connectivity index (χ0n) is 28.9. The molecule has 4 aliphatic rings. The number of alkyl halides is 6. The van der Waals surface area contributed by atoms with Gasteiger partial charge in [-0.3, -0.25) is 24.6 Å². The van der Waals surface area contributed by atoms with Crippen molar-refractivity contribution in [1.82, 2.24) is 5.01 Å². The second-order valence-electron chi connectivity index (χ2n) is 14.4. The van der Waals surface area contributed by atoms with Crippen LogP contribution in [0.2, 0.25) is 0 Å². The highest BCUT2D eigenvalue weighted by Crippen LogP contribution is 2.65. The number of anilines is 2. The molecule has 0 spiro atoms. The molecule has 2 N–H and O–H groups in total. The van der Waals surface area contributed by atoms with E-state index in [0.717, 1.165) is 10.6 Å². The molecule has 2 aliphatic heterocycles. The third kappa shape index (κ3) is 5.51. The number of halogens is 6. The molecule has 0 unspecified atom stereocenters. The van der Waals surface area contributed by atoms with Crippen molar-refractivity contribution in [2.75, 3.05) is 10.3 Å². The second kappa shape index (κ2) is 12.6. The van der Waals surface area contributed by atoms with Crippen LogP contribution < -0.4 is 10.3 Å². The summed E-state index contributed by atoms with van der Waals surface area (Å²) in [7, 11) is 0. The molecule has 2 saturated heterocycles. The third-order valence-corrected chi connectivity index (χ3v) is 11.5. The van der Waals surface area contributed by atoms with Crippen LogP contribution in [-0.2, 0) is 36.9 Å². The number of nitrogens with zero attached hydrogens (tertiary/aromatic N) is 2. The highest BCUT2D eigenvalue weighted by Gasteiger charge is 2.70. The van der Waals surface area contributed by atoms with Crippen molar-refractivity contribution in [3.63, 3.8) is 0 Å². The van der Waals surface area contributed by atoms with Crippen LogP contribution in [0, 0.1) is 30.6 Å². The second-order valence-corrected chi connectivity index (χ2v) is 14.4. The fourth-order valence-corrected chi connectivity index (χ4v) is 9.15. The van der Waals surface area contributed by atoms with Crippen LogP contribution in [0.15, 0.2) is 109 Å². The molecule has 4 aromatic rings. The minimum atomic E-state index is -5.23. The van der Waals surface area contributed by atoms with Crippen molar-refractivity contribution in [3.05, 3.63) is 137 Å². The lowest BCUT2D eigenvalue weighted by Crippen LogP contribution is -2.53. The summed E-state index contributed by atoms with van der Waals surface area (Å²) in [5.41, 5.74) is -0.494. The monoisotopic (exact) mass is 759 g/mol. The van der Waals surface area contributed by atoms with Crippen LogP contribution in [0.25, 0.3) is 0 Å². The number of carbonyl (C=O) groups excluding carboxylic acids is 4. The van der Waals surface area contributed by atoms with Gasteiger partial charge in [0.05, 0.1) is 45.7 Å². The highest BCUT2D eigenvalue weighted by atomic mass is 19.4. The first-order valence-corrected chi connectivity index (χ1v) is 17.5. The van der Waals surface area contributed by atoms with Gasteiger partial charge in [-0.1, -0.05) is 77.9 Å². The maximum absolute atomic E-state index is 15.1. The maximum Gasteiger partial charge on any atom is 0.416 e. The van der Waals surface area contributed by atoms with Gasteiger partial charge in [-0.15, -0.1) is 0 Å². The van der Waals surface area contributed by atoms with Crippen molar-refractivity contribution in [1.29, 1.82) is 0 Å². The Kier molecular flexibility index (Phi) is 8.24. The fraction of sp³-hybridized carbons (Fsp3) is 0.268. The number of hydrazine groups is 1. The summed E-state index contributed by atoms with van der Waals surface area (Å²) in [6, 6.07) is 22.3. The number of amides is 4. The highest BCUT2D eigenvalue weighted by molar-refractivity contribution is 6.22. The Hall–Kier alpha value is -5.92. The van der Waals surface area contributed by atoms with E-state index in [2.05, 4.69) is 5.43 Å². The molecule has 6 atom stereocenters. The molecule has 55 heavy (non-hydrogen) atoms. The van der Waals surface area contributed by atoms with Crippen LogP contribution in [0.3, 0.4) is 0 Å². The zero-order valence-corrected chi connectivity index (χ0v) is 28.9. The smallest absolute Gasteiger partial charge is 0.416 e. The molecular weight excluding hydrogens is 728 g/mol. The topological polar surface area (TPSA) is 107 Å². The van der Waals surface area contributed by atoms with Crippen molar-refractivity contribution in [2.24, 2.45) is 23.7 Å². The molecule has 3 fully saturated rings. The number of phenols is 1. The normalized spacial score (nSPS) is 26.5. The summed E-state index contributed by atoms with van der Waals surface area (Å²) < 4.78 is 83.2. The first kappa shape index (κ1) is 36.1. The van der Waals surface area contributed by atoms with Gasteiger partial charge in [-0.25, -0.2) is 4.90 Å². The van der Waals surface area contributed by atoms with E-state index >= 15 is 4.79 Å². The van der Waals surface area contributed by atoms with Gasteiger partial charge < -0.3 is 5.11 Å². The number of carbonyl (C=O) groups is 4. The molecule has 0 radical (unpaired) electrons. The number of aromatic hydroxyl groups is 1. The van der Waals surface area contributed by atoms with E-state index in [-0.39, 0.29) is 30.2 Å². The summed E-state index contributed by atoms with van der Waals surface area (Å²) >= 11 is 0. The molecule has 0 aromatic heterocycles. The molecule has 8 rings (SSSR count). The lowest BCUT2D eigenvalue weighted by Gasteiger charge is -2.50. The number of imide groups is 2. The minimum Gasteiger partial charge on any atom is -0.508 e. The molecule has 0 bridgehead atoms. The van der Waals surface area contributed by atoms with E-state index < -0.39 is 87.8 Å². The molecule has 4 aromatic carbocycles. The van der Waals surface area contributed by atoms with Gasteiger partial charge in [0.2, 0.25) is 11.8 Å². The van der Waals surface area contributed by atoms with Crippen molar-refractivity contribution in [3.8, 4) is 5.75 Å².